The van der Waals surface area contributed by atoms with Gasteiger partial charge in [0.25, 0.3) is 0 Å². The number of hydrogen-bond donors (Lipinski definition) is 1. The third kappa shape index (κ3) is 3.48. The van der Waals surface area contributed by atoms with Crippen molar-refractivity contribution in [2.24, 2.45) is 0 Å². The molecule has 0 bridgehead atoms. The van der Waals surface area contributed by atoms with Gasteiger partial charge in [-0.2, -0.15) is 0 Å². The average molecular weight is 354 g/mol. The van der Waals surface area contributed by atoms with E-state index in [9.17, 15) is 9.90 Å². The van der Waals surface area contributed by atoms with Crippen LogP contribution >= 0.6 is 0 Å². The quantitative estimate of drug-likeness (QED) is 0.604. The minimum Gasteiger partial charge on any atom is -0.545 e. The zero-order chi connectivity index (χ0) is 18.8. The Morgan fingerprint density at radius 2 is 1.70 bits per heavy atom. The number of rotatable bonds is 4. The highest BCUT2D eigenvalue weighted by Crippen LogP contribution is 2.27. The molecule has 0 fully saturated rings. The number of nitrogens with zero attached hydrogens (tertiary/aromatic N) is 2. The monoisotopic (exact) mass is 354 g/mol. The van der Waals surface area contributed by atoms with Crippen LogP contribution in [0.4, 0.5) is 11.5 Å². The molecule has 0 amide bonds. The van der Waals surface area contributed by atoms with Crippen LogP contribution in [0.3, 0.4) is 0 Å². The number of carbonyl (C=O) groups is 1. The first-order valence-electron chi connectivity index (χ1n) is 8.52. The van der Waals surface area contributed by atoms with E-state index >= 15 is 0 Å². The van der Waals surface area contributed by atoms with E-state index in [0.717, 1.165) is 27.7 Å². The summed E-state index contributed by atoms with van der Waals surface area (Å²) >= 11 is 0. The van der Waals surface area contributed by atoms with Crippen molar-refractivity contribution in [2.75, 3.05) is 5.32 Å². The molecule has 0 spiro atoms. The normalized spacial score (nSPS) is 10.7. The second-order valence-corrected chi connectivity index (χ2v) is 6.27. The van der Waals surface area contributed by atoms with Crippen LogP contribution in [0, 0.1) is 6.92 Å². The Hall–Kier alpha value is -3.73. The molecule has 1 N–H and O–H groups in total. The number of para-hydroxylation sites is 1. The lowest BCUT2D eigenvalue weighted by atomic mass is 10.1. The van der Waals surface area contributed by atoms with Gasteiger partial charge in [-0.05, 0) is 42.8 Å². The van der Waals surface area contributed by atoms with Crippen molar-refractivity contribution >= 4 is 28.4 Å². The van der Waals surface area contributed by atoms with Crippen LogP contribution in [0.5, 0.6) is 0 Å². The smallest absolute Gasteiger partial charge is 0.162 e. The summed E-state index contributed by atoms with van der Waals surface area (Å²) in [5, 5.41) is 15.1. The highest BCUT2D eigenvalue weighted by Gasteiger charge is 2.10. The van der Waals surface area contributed by atoms with Crippen LogP contribution in [-0.2, 0) is 0 Å². The molecule has 0 aliphatic heterocycles. The summed E-state index contributed by atoms with van der Waals surface area (Å²) in [6, 6.07) is 22.2. The third-order valence-corrected chi connectivity index (χ3v) is 4.26. The van der Waals surface area contributed by atoms with Crippen molar-refractivity contribution in [3.8, 4) is 11.4 Å². The van der Waals surface area contributed by atoms with Crippen LogP contribution in [0.1, 0.15) is 15.9 Å². The number of hydrogen-bond acceptors (Lipinski definition) is 5. The molecule has 5 nitrogen and oxygen atoms in total. The molecule has 4 aromatic rings. The van der Waals surface area contributed by atoms with Crippen LogP contribution < -0.4 is 10.4 Å². The van der Waals surface area contributed by atoms with E-state index in [1.807, 2.05) is 55.5 Å². The van der Waals surface area contributed by atoms with Gasteiger partial charge in [-0.15, -0.1) is 0 Å². The highest BCUT2D eigenvalue weighted by atomic mass is 16.4. The summed E-state index contributed by atoms with van der Waals surface area (Å²) in [6.07, 6.45) is 0. The predicted molar refractivity (Wildman–Crippen MR) is 104 cm³/mol. The largest absolute Gasteiger partial charge is 0.545 e. The lowest BCUT2D eigenvalue weighted by Crippen LogP contribution is -2.21. The number of carbonyl (C=O) groups excluding carboxylic acids is 1. The maximum atomic E-state index is 10.9. The van der Waals surface area contributed by atoms with Gasteiger partial charge in [0.2, 0.25) is 0 Å². The van der Waals surface area contributed by atoms with Crippen molar-refractivity contribution in [1.29, 1.82) is 0 Å². The fourth-order valence-corrected chi connectivity index (χ4v) is 2.91. The fourth-order valence-electron chi connectivity index (χ4n) is 2.91. The minimum atomic E-state index is -1.20. The number of carboxylic acid groups (broad SMARTS) is 1. The van der Waals surface area contributed by atoms with Crippen molar-refractivity contribution < 1.29 is 9.90 Å². The maximum absolute atomic E-state index is 10.9. The standard InChI is InChI=1S/C22H17N3O2/c1-14-5-4-6-16(13-14)20-24-19-8-3-2-7-18(19)21(25-20)23-17-11-9-15(10-12-17)22(26)27/h2-13H,1H3,(H,26,27)(H,23,24,25)/p-1. The molecule has 0 saturated carbocycles. The van der Waals surface area contributed by atoms with Crippen molar-refractivity contribution in [3.63, 3.8) is 0 Å². The van der Waals surface area contributed by atoms with Gasteiger partial charge >= 0.3 is 0 Å². The summed E-state index contributed by atoms with van der Waals surface area (Å²) in [7, 11) is 0. The molecule has 132 valence electrons. The minimum absolute atomic E-state index is 0.133. The topological polar surface area (TPSA) is 77.9 Å². The van der Waals surface area contributed by atoms with Crippen molar-refractivity contribution in [2.45, 2.75) is 6.92 Å². The molecule has 4 rings (SSSR count). The Labute approximate surface area is 156 Å². The number of aromatic nitrogens is 2. The lowest BCUT2D eigenvalue weighted by Gasteiger charge is -2.12. The highest BCUT2D eigenvalue weighted by molar-refractivity contribution is 5.92. The van der Waals surface area contributed by atoms with E-state index in [1.165, 1.54) is 12.1 Å². The first-order valence-corrected chi connectivity index (χ1v) is 8.52. The second-order valence-electron chi connectivity index (χ2n) is 6.27. The molecule has 1 heterocycles. The average Bonchev–Trinajstić information content (AvgIpc) is 2.68. The first-order chi connectivity index (χ1) is 13.1. The number of anilines is 2. The number of benzene rings is 3. The molecule has 0 atom stereocenters. The van der Waals surface area contributed by atoms with Gasteiger partial charge in [0.05, 0.1) is 11.5 Å². The first kappa shape index (κ1) is 16.7. The maximum Gasteiger partial charge on any atom is 0.162 e. The van der Waals surface area contributed by atoms with E-state index < -0.39 is 5.97 Å². The van der Waals surface area contributed by atoms with Gasteiger partial charge in [-0.1, -0.05) is 48.0 Å². The van der Waals surface area contributed by atoms with Crippen LogP contribution in [-0.4, -0.2) is 15.9 Å². The van der Waals surface area contributed by atoms with Crippen molar-refractivity contribution in [3.05, 3.63) is 83.9 Å². The fraction of sp³-hybridized carbons (Fsp3) is 0.0455. The molecule has 0 radical (unpaired) electrons. The molecular weight excluding hydrogens is 338 g/mol. The van der Waals surface area contributed by atoms with Gasteiger partial charge in [0, 0.05) is 16.6 Å². The Morgan fingerprint density at radius 3 is 2.44 bits per heavy atom. The van der Waals surface area contributed by atoms with Crippen molar-refractivity contribution in [1.82, 2.24) is 9.97 Å². The molecule has 27 heavy (non-hydrogen) atoms. The molecule has 5 heteroatoms. The number of aryl methyl sites for hydroxylation is 1. The summed E-state index contributed by atoms with van der Waals surface area (Å²) in [6.45, 7) is 2.03. The molecule has 3 aromatic carbocycles. The third-order valence-electron chi connectivity index (χ3n) is 4.26. The Bertz CT molecular complexity index is 1140. The second kappa shape index (κ2) is 6.88. The van der Waals surface area contributed by atoms with Crippen LogP contribution in [0.25, 0.3) is 22.3 Å². The van der Waals surface area contributed by atoms with E-state index in [2.05, 4.69) is 10.3 Å². The molecular formula is C22H16N3O2-. The summed E-state index contributed by atoms with van der Waals surface area (Å²) in [4.78, 5) is 20.3. The Kier molecular flexibility index (Phi) is 4.26. The van der Waals surface area contributed by atoms with Gasteiger partial charge in [0.1, 0.15) is 5.82 Å². The molecule has 1 aromatic heterocycles. The molecule has 0 saturated heterocycles. The van der Waals surface area contributed by atoms with Crippen LogP contribution in [0.2, 0.25) is 0 Å². The van der Waals surface area contributed by atoms with E-state index in [0.29, 0.717) is 11.6 Å². The predicted octanol–water partition coefficient (Wildman–Crippen LogP) is 3.71. The summed E-state index contributed by atoms with van der Waals surface area (Å²) < 4.78 is 0. The van der Waals surface area contributed by atoms with E-state index in [4.69, 9.17) is 4.98 Å². The van der Waals surface area contributed by atoms with Gasteiger partial charge in [-0.3, -0.25) is 0 Å². The molecule has 0 unspecified atom stereocenters. The van der Waals surface area contributed by atoms with Crippen LogP contribution in [0.15, 0.2) is 72.8 Å². The van der Waals surface area contributed by atoms with E-state index in [1.54, 1.807) is 12.1 Å². The number of aromatic carboxylic acids is 1. The SMILES string of the molecule is Cc1cccc(-c2nc(Nc3ccc(C(=O)[O-])cc3)c3ccccc3n2)c1. The Balaban J connectivity index is 1.80. The number of nitrogens with one attached hydrogen (secondary N) is 1. The molecule has 0 aliphatic rings. The van der Waals surface area contributed by atoms with Gasteiger partial charge < -0.3 is 15.2 Å². The number of carboxylic acids is 1. The number of fused-ring (bicyclic) bond motifs is 1. The zero-order valence-corrected chi connectivity index (χ0v) is 14.6. The summed E-state index contributed by atoms with van der Waals surface area (Å²) in [5.41, 5.74) is 3.78. The molecule has 0 aliphatic carbocycles. The zero-order valence-electron chi connectivity index (χ0n) is 14.6. The Morgan fingerprint density at radius 1 is 0.926 bits per heavy atom. The van der Waals surface area contributed by atoms with Gasteiger partial charge in [0.15, 0.2) is 5.82 Å². The van der Waals surface area contributed by atoms with E-state index in [-0.39, 0.29) is 5.56 Å². The van der Waals surface area contributed by atoms with Gasteiger partial charge in [-0.25, -0.2) is 9.97 Å². The summed E-state index contributed by atoms with van der Waals surface area (Å²) in [5.74, 6) is 0.0975. The lowest BCUT2D eigenvalue weighted by molar-refractivity contribution is -0.255.